The van der Waals surface area contributed by atoms with Gasteiger partial charge in [-0.2, -0.15) is 23.4 Å². The number of aliphatic imine (C=N–C) groups is 1. The second kappa shape index (κ2) is 10.9. The van der Waals surface area contributed by atoms with E-state index in [0.717, 1.165) is 72.5 Å². The van der Waals surface area contributed by atoms with Crippen molar-refractivity contribution in [2.24, 2.45) is 20.6 Å². The molecule has 0 amide bonds. The zero-order valence-electron chi connectivity index (χ0n) is 20.3. The van der Waals surface area contributed by atoms with Crippen LogP contribution in [0.5, 0.6) is 0 Å². The van der Waals surface area contributed by atoms with Crippen LogP contribution in [0, 0.1) is 5.41 Å². The quantitative estimate of drug-likeness (QED) is 0.353. The lowest BCUT2D eigenvalue weighted by molar-refractivity contribution is -0.137. The fourth-order valence-electron chi connectivity index (χ4n) is 3.71. The molecule has 0 fully saturated rings. The Kier molecular flexibility index (Phi) is 8.24. The minimum absolute atomic E-state index is 0.0565. The predicted octanol–water partition coefficient (Wildman–Crippen LogP) is 7.96. The van der Waals surface area contributed by atoms with E-state index in [1.807, 2.05) is 31.3 Å². The Bertz CT molecular complexity index is 1080. The van der Waals surface area contributed by atoms with Crippen molar-refractivity contribution < 1.29 is 13.2 Å². The smallest absolute Gasteiger partial charge is 0.293 e. The molecule has 34 heavy (non-hydrogen) atoms. The summed E-state index contributed by atoms with van der Waals surface area (Å²) in [5, 5.41) is 8.64. The van der Waals surface area contributed by atoms with Gasteiger partial charge in [0.1, 0.15) is 0 Å². The first kappa shape index (κ1) is 25.6. The van der Waals surface area contributed by atoms with Crippen LogP contribution < -0.4 is 0 Å². The van der Waals surface area contributed by atoms with E-state index >= 15 is 0 Å². The summed E-state index contributed by atoms with van der Waals surface area (Å²) < 4.78 is 38.2. The lowest BCUT2D eigenvalue weighted by Crippen LogP contribution is -2.20. The molecule has 1 heterocycles. The van der Waals surface area contributed by atoms with Gasteiger partial charge in [0, 0.05) is 36.7 Å². The average Bonchev–Trinajstić information content (AvgIpc) is 3.28. The van der Waals surface area contributed by atoms with Crippen LogP contribution >= 0.6 is 0 Å². The molecule has 0 saturated heterocycles. The van der Waals surface area contributed by atoms with Crippen LogP contribution in [0.4, 0.5) is 13.2 Å². The van der Waals surface area contributed by atoms with Gasteiger partial charge in [0.25, 0.3) is 0 Å². The first-order valence-corrected chi connectivity index (χ1v) is 11.6. The standard InChI is InChI=1S/C28H32F3N3/c1-27(2,3)26-19-25(33-34-26)10-6-9-24(32-4)8-5-7-20-11-13-21(14-12-20)22-15-17-23(18-16-22)28(29,30)31/h6,9,11-18H,5,7-8,10,19H2,1-4H3/b9-6-,32-24?. The van der Waals surface area contributed by atoms with Crippen LogP contribution in [0.1, 0.15) is 57.6 Å². The van der Waals surface area contributed by atoms with Crippen molar-refractivity contribution in [2.45, 2.75) is 59.1 Å². The third-order valence-electron chi connectivity index (χ3n) is 5.90. The van der Waals surface area contributed by atoms with Gasteiger partial charge >= 0.3 is 6.18 Å². The van der Waals surface area contributed by atoms with Crippen LogP contribution in [-0.4, -0.2) is 24.2 Å². The lowest BCUT2D eigenvalue weighted by atomic mass is 9.87. The van der Waals surface area contributed by atoms with Gasteiger partial charge in [0.15, 0.2) is 0 Å². The second-order valence-corrected chi connectivity index (χ2v) is 9.59. The van der Waals surface area contributed by atoms with Crippen LogP contribution in [0.3, 0.4) is 0 Å². The topological polar surface area (TPSA) is 37.1 Å². The van der Waals surface area contributed by atoms with Crippen molar-refractivity contribution in [3.05, 3.63) is 71.8 Å². The summed E-state index contributed by atoms with van der Waals surface area (Å²) in [4.78, 5) is 4.40. The van der Waals surface area contributed by atoms with Gasteiger partial charge in [0.2, 0.25) is 0 Å². The van der Waals surface area contributed by atoms with Gasteiger partial charge in [-0.25, -0.2) is 0 Å². The summed E-state index contributed by atoms with van der Waals surface area (Å²) in [6, 6.07) is 13.3. The van der Waals surface area contributed by atoms with E-state index in [4.69, 9.17) is 0 Å². The number of aryl methyl sites for hydroxylation is 1. The highest BCUT2D eigenvalue weighted by atomic mass is 19.4. The minimum Gasteiger partial charge on any atom is -0.293 e. The zero-order chi connectivity index (χ0) is 24.8. The number of rotatable bonds is 8. The highest BCUT2D eigenvalue weighted by Gasteiger charge is 2.30. The predicted molar refractivity (Wildman–Crippen MR) is 136 cm³/mol. The number of benzene rings is 2. The Balaban J connectivity index is 1.45. The molecule has 2 aromatic carbocycles. The zero-order valence-corrected chi connectivity index (χ0v) is 20.3. The maximum Gasteiger partial charge on any atom is 0.416 e. The minimum atomic E-state index is -4.31. The normalized spacial score (nSPS) is 15.1. The van der Waals surface area contributed by atoms with E-state index in [-0.39, 0.29) is 5.41 Å². The van der Waals surface area contributed by atoms with Crippen LogP contribution in [-0.2, 0) is 12.6 Å². The van der Waals surface area contributed by atoms with Gasteiger partial charge in [-0.1, -0.05) is 63.2 Å². The maximum absolute atomic E-state index is 12.7. The molecule has 0 atom stereocenters. The van der Waals surface area contributed by atoms with E-state index in [1.54, 1.807) is 0 Å². The molecule has 0 bridgehead atoms. The van der Waals surface area contributed by atoms with Gasteiger partial charge in [0.05, 0.1) is 11.3 Å². The second-order valence-electron chi connectivity index (χ2n) is 9.59. The summed E-state index contributed by atoms with van der Waals surface area (Å²) >= 11 is 0. The number of nitrogens with zero attached hydrogens (tertiary/aromatic N) is 3. The number of allylic oxidation sites excluding steroid dienone is 2. The third kappa shape index (κ3) is 7.24. The summed E-state index contributed by atoms with van der Waals surface area (Å²) in [5.74, 6) is 0. The van der Waals surface area contributed by atoms with E-state index in [9.17, 15) is 13.2 Å². The summed E-state index contributed by atoms with van der Waals surface area (Å²) in [6.07, 6.45) is 4.26. The van der Waals surface area contributed by atoms with E-state index in [2.05, 4.69) is 48.1 Å². The third-order valence-corrected chi connectivity index (χ3v) is 5.90. The molecule has 0 aliphatic carbocycles. The van der Waals surface area contributed by atoms with E-state index in [1.165, 1.54) is 17.7 Å². The highest BCUT2D eigenvalue weighted by molar-refractivity contribution is 6.10. The number of halogens is 3. The van der Waals surface area contributed by atoms with Gasteiger partial charge < -0.3 is 0 Å². The SMILES string of the molecule is CN=C(/C=C\CC1=NN=C(C(C)(C)C)C1)CCCc1ccc(-c2ccc(C(F)(F)F)cc2)cc1. The molecule has 0 unspecified atom stereocenters. The van der Waals surface area contributed by atoms with Crippen molar-refractivity contribution in [1.82, 2.24) is 0 Å². The molecule has 0 spiro atoms. The lowest BCUT2D eigenvalue weighted by Gasteiger charge is -2.17. The molecule has 0 saturated carbocycles. The highest BCUT2D eigenvalue weighted by Crippen LogP contribution is 2.31. The van der Waals surface area contributed by atoms with E-state index < -0.39 is 11.7 Å². The van der Waals surface area contributed by atoms with E-state index in [0.29, 0.717) is 0 Å². The Labute approximate surface area is 200 Å². The molecule has 0 aromatic heterocycles. The molecule has 0 N–H and O–H groups in total. The Morgan fingerprint density at radius 1 is 0.941 bits per heavy atom. The monoisotopic (exact) mass is 467 g/mol. The molecule has 180 valence electrons. The largest absolute Gasteiger partial charge is 0.416 e. The van der Waals surface area contributed by atoms with Gasteiger partial charge in [-0.05, 0) is 54.2 Å². The van der Waals surface area contributed by atoms with Crippen molar-refractivity contribution >= 4 is 17.1 Å². The maximum atomic E-state index is 12.7. The molecule has 6 heteroatoms. The summed E-state index contributed by atoms with van der Waals surface area (Å²) in [5.41, 5.74) is 5.57. The van der Waals surface area contributed by atoms with Crippen molar-refractivity contribution in [1.29, 1.82) is 0 Å². The Hall–Kier alpha value is -3.02. The molecule has 3 rings (SSSR count). The fraction of sp³-hybridized carbons (Fsp3) is 0.393. The number of hydrogen-bond donors (Lipinski definition) is 0. The average molecular weight is 468 g/mol. The Morgan fingerprint density at radius 2 is 1.56 bits per heavy atom. The fourth-order valence-corrected chi connectivity index (χ4v) is 3.71. The first-order valence-electron chi connectivity index (χ1n) is 11.6. The summed E-state index contributed by atoms with van der Waals surface area (Å²) in [7, 11) is 1.81. The molecule has 2 aromatic rings. The molecule has 3 nitrogen and oxygen atoms in total. The molecule has 0 radical (unpaired) electrons. The molecule has 1 aliphatic rings. The van der Waals surface area contributed by atoms with Crippen LogP contribution in [0.15, 0.2) is 75.9 Å². The van der Waals surface area contributed by atoms with Crippen molar-refractivity contribution in [3.63, 3.8) is 0 Å². The van der Waals surface area contributed by atoms with Crippen molar-refractivity contribution in [3.8, 4) is 11.1 Å². The first-order chi connectivity index (χ1) is 16.1. The van der Waals surface area contributed by atoms with Gasteiger partial charge in [-0.15, -0.1) is 0 Å². The molecule has 1 aliphatic heterocycles. The van der Waals surface area contributed by atoms with Gasteiger partial charge in [-0.3, -0.25) is 4.99 Å². The molecular formula is C28H32F3N3. The van der Waals surface area contributed by atoms with Crippen LogP contribution in [0.2, 0.25) is 0 Å². The van der Waals surface area contributed by atoms with Crippen molar-refractivity contribution in [2.75, 3.05) is 7.05 Å². The Morgan fingerprint density at radius 3 is 2.09 bits per heavy atom. The number of hydrogen-bond acceptors (Lipinski definition) is 3. The number of alkyl halides is 3. The van der Waals surface area contributed by atoms with Crippen LogP contribution in [0.25, 0.3) is 11.1 Å². The summed E-state index contributed by atoms with van der Waals surface area (Å²) in [6.45, 7) is 6.47. The molecular weight excluding hydrogens is 435 g/mol.